The second kappa shape index (κ2) is 4.85. The van der Waals surface area contributed by atoms with Crippen molar-refractivity contribution in [1.29, 1.82) is 0 Å². The molecule has 0 amide bonds. The van der Waals surface area contributed by atoms with E-state index in [4.69, 9.17) is 5.11 Å². The standard InChI is InChI=1S/C16H19NO3/c1-17-9-12(15-13(17)3-2-4-14(15)18)10-5-7-11(8-6-10)16(19)20/h2-4,9-11,18H,5-8H2,1H3,(H,19,20). The van der Waals surface area contributed by atoms with Crippen molar-refractivity contribution in [3.63, 3.8) is 0 Å². The molecule has 0 bridgehead atoms. The smallest absolute Gasteiger partial charge is 0.306 e. The largest absolute Gasteiger partial charge is 0.507 e. The van der Waals surface area contributed by atoms with Crippen molar-refractivity contribution in [2.45, 2.75) is 31.6 Å². The summed E-state index contributed by atoms with van der Waals surface area (Å²) in [6.07, 6.45) is 5.29. The van der Waals surface area contributed by atoms with Gasteiger partial charge in [-0.1, -0.05) is 6.07 Å². The molecule has 1 fully saturated rings. The topological polar surface area (TPSA) is 62.5 Å². The number of hydrogen-bond acceptors (Lipinski definition) is 2. The van der Waals surface area contributed by atoms with E-state index in [-0.39, 0.29) is 5.92 Å². The predicted octanol–water partition coefficient (Wildman–Crippen LogP) is 3.24. The van der Waals surface area contributed by atoms with Crippen LogP contribution in [0.4, 0.5) is 0 Å². The Morgan fingerprint density at radius 3 is 2.60 bits per heavy atom. The number of carbonyl (C=O) groups is 1. The molecular formula is C16H19NO3. The van der Waals surface area contributed by atoms with Gasteiger partial charge in [-0.05, 0) is 49.3 Å². The first kappa shape index (κ1) is 13.0. The van der Waals surface area contributed by atoms with Gasteiger partial charge in [-0.25, -0.2) is 0 Å². The van der Waals surface area contributed by atoms with Crippen LogP contribution in [-0.4, -0.2) is 20.7 Å². The van der Waals surface area contributed by atoms with E-state index in [1.54, 1.807) is 6.07 Å². The van der Waals surface area contributed by atoms with Gasteiger partial charge in [-0.2, -0.15) is 0 Å². The van der Waals surface area contributed by atoms with Crippen LogP contribution < -0.4 is 0 Å². The maximum atomic E-state index is 11.0. The van der Waals surface area contributed by atoms with E-state index in [9.17, 15) is 9.90 Å². The number of aromatic hydroxyl groups is 1. The van der Waals surface area contributed by atoms with Crippen LogP contribution in [0.15, 0.2) is 24.4 Å². The lowest BCUT2D eigenvalue weighted by Crippen LogP contribution is -2.20. The fraction of sp³-hybridized carbons (Fsp3) is 0.438. The number of hydrogen-bond donors (Lipinski definition) is 2. The first-order valence-corrected chi connectivity index (χ1v) is 7.07. The van der Waals surface area contributed by atoms with Gasteiger partial charge in [0.15, 0.2) is 0 Å². The number of nitrogens with zero attached hydrogens (tertiary/aromatic N) is 1. The third kappa shape index (κ3) is 2.05. The highest BCUT2D eigenvalue weighted by atomic mass is 16.4. The number of benzene rings is 1. The fourth-order valence-electron chi connectivity index (χ4n) is 3.42. The van der Waals surface area contributed by atoms with Crippen molar-refractivity contribution in [3.8, 4) is 5.75 Å². The minimum absolute atomic E-state index is 0.199. The zero-order valence-corrected chi connectivity index (χ0v) is 11.5. The fourth-order valence-corrected chi connectivity index (χ4v) is 3.42. The molecule has 1 aromatic heterocycles. The third-order valence-electron chi connectivity index (χ3n) is 4.54. The van der Waals surface area contributed by atoms with E-state index >= 15 is 0 Å². The summed E-state index contributed by atoms with van der Waals surface area (Å²) in [5, 5.41) is 20.1. The van der Waals surface area contributed by atoms with Crippen LogP contribution in [0.1, 0.15) is 37.2 Å². The van der Waals surface area contributed by atoms with Gasteiger partial charge in [-0.3, -0.25) is 4.79 Å². The number of aryl methyl sites for hydroxylation is 1. The second-order valence-corrected chi connectivity index (χ2v) is 5.75. The Hall–Kier alpha value is -1.97. The molecule has 0 unspecified atom stereocenters. The number of phenols is 1. The summed E-state index contributed by atoms with van der Waals surface area (Å²) in [6, 6.07) is 5.57. The Labute approximate surface area is 117 Å². The summed E-state index contributed by atoms with van der Waals surface area (Å²) < 4.78 is 2.04. The van der Waals surface area contributed by atoms with Crippen LogP contribution in [-0.2, 0) is 11.8 Å². The van der Waals surface area contributed by atoms with Gasteiger partial charge in [0.25, 0.3) is 0 Å². The van der Waals surface area contributed by atoms with Crippen molar-refractivity contribution in [1.82, 2.24) is 4.57 Å². The van der Waals surface area contributed by atoms with Crippen molar-refractivity contribution >= 4 is 16.9 Å². The lowest BCUT2D eigenvalue weighted by Gasteiger charge is -2.26. The van der Waals surface area contributed by atoms with Crippen molar-refractivity contribution in [2.75, 3.05) is 0 Å². The van der Waals surface area contributed by atoms with Crippen LogP contribution >= 0.6 is 0 Å². The molecule has 0 saturated heterocycles. The van der Waals surface area contributed by atoms with Crippen molar-refractivity contribution in [2.24, 2.45) is 13.0 Å². The lowest BCUT2D eigenvalue weighted by atomic mass is 9.78. The molecule has 1 saturated carbocycles. The number of carboxylic acid groups (broad SMARTS) is 1. The molecule has 2 N–H and O–H groups in total. The van der Waals surface area contributed by atoms with Crippen molar-refractivity contribution in [3.05, 3.63) is 30.0 Å². The van der Waals surface area contributed by atoms with Gasteiger partial charge in [0.05, 0.1) is 11.4 Å². The zero-order chi connectivity index (χ0) is 14.3. The molecule has 0 spiro atoms. The molecule has 1 aliphatic rings. The number of aromatic nitrogens is 1. The number of aliphatic carboxylic acids is 1. The van der Waals surface area contributed by atoms with Crippen molar-refractivity contribution < 1.29 is 15.0 Å². The monoisotopic (exact) mass is 273 g/mol. The molecule has 0 atom stereocenters. The summed E-state index contributed by atoms with van der Waals surface area (Å²) in [7, 11) is 1.98. The summed E-state index contributed by atoms with van der Waals surface area (Å²) >= 11 is 0. The van der Waals surface area contributed by atoms with E-state index < -0.39 is 5.97 Å². The summed E-state index contributed by atoms with van der Waals surface area (Å²) in [5.74, 6) is -0.208. The molecule has 1 heterocycles. The van der Waals surface area contributed by atoms with Crippen LogP contribution in [0.2, 0.25) is 0 Å². The van der Waals surface area contributed by atoms with E-state index in [0.29, 0.717) is 11.7 Å². The van der Waals surface area contributed by atoms with Gasteiger partial charge in [-0.15, -0.1) is 0 Å². The van der Waals surface area contributed by atoms with E-state index in [1.165, 1.54) is 0 Å². The number of fused-ring (bicyclic) bond motifs is 1. The normalized spacial score (nSPS) is 23.1. The molecule has 3 rings (SSSR count). The highest BCUT2D eigenvalue weighted by molar-refractivity contribution is 5.90. The Bertz CT molecular complexity index is 651. The van der Waals surface area contributed by atoms with Crippen LogP contribution in [0.25, 0.3) is 10.9 Å². The minimum Gasteiger partial charge on any atom is -0.507 e. The average molecular weight is 273 g/mol. The Morgan fingerprint density at radius 2 is 1.95 bits per heavy atom. The van der Waals surface area contributed by atoms with E-state index in [2.05, 4.69) is 6.20 Å². The van der Waals surface area contributed by atoms with Gasteiger partial charge >= 0.3 is 5.97 Å². The highest BCUT2D eigenvalue weighted by Crippen LogP contribution is 2.41. The third-order valence-corrected chi connectivity index (χ3v) is 4.54. The maximum absolute atomic E-state index is 11.0. The lowest BCUT2D eigenvalue weighted by molar-refractivity contribution is -0.142. The van der Waals surface area contributed by atoms with Crippen LogP contribution in [0.3, 0.4) is 0 Å². The Kier molecular flexibility index (Phi) is 3.16. The molecule has 0 radical (unpaired) electrons. The Balaban J connectivity index is 1.94. The summed E-state index contributed by atoms with van der Waals surface area (Å²) in [6.45, 7) is 0. The van der Waals surface area contributed by atoms with E-state index in [1.807, 2.05) is 23.7 Å². The molecular weight excluding hydrogens is 254 g/mol. The number of rotatable bonds is 2. The molecule has 4 nitrogen and oxygen atoms in total. The quantitative estimate of drug-likeness (QED) is 0.883. The number of carboxylic acids is 1. The molecule has 4 heteroatoms. The molecule has 106 valence electrons. The minimum atomic E-state index is -0.677. The van der Waals surface area contributed by atoms with Gasteiger partial charge in [0.2, 0.25) is 0 Å². The highest BCUT2D eigenvalue weighted by Gasteiger charge is 2.28. The predicted molar refractivity (Wildman–Crippen MR) is 76.9 cm³/mol. The zero-order valence-electron chi connectivity index (χ0n) is 11.5. The van der Waals surface area contributed by atoms with Crippen LogP contribution in [0, 0.1) is 5.92 Å². The first-order valence-electron chi connectivity index (χ1n) is 7.07. The number of phenolic OH excluding ortho intramolecular Hbond substituents is 1. The van der Waals surface area contributed by atoms with Gasteiger partial charge in [0, 0.05) is 18.6 Å². The molecule has 1 aromatic carbocycles. The SMILES string of the molecule is Cn1cc(C2CCC(C(=O)O)CC2)c2c(O)cccc21. The average Bonchev–Trinajstić information content (AvgIpc) is 2.78. The molecule has 0 aliphatic heterocycles. The summed E-state index contributed by atoms with van der Waals surface area (Å²) in [4.78, 5) is 11.0. The molecule has 1 aliphatic carbocycles. The maximum Gasteiger partial charge on any atom is 0.306 e. The first-order chi connectivity index (χ1) is 9.58. The second-order valence-electron chi connectivity index (χ2n) is 5.75. The van der Waals surface area contributed by atoms with E-state index in [0.717, 1.165) is 42.1 Å². The molecule has 2 aromatic rings. The molecule has 20 heavy (non-hydrogen) atoms. The van der Waals surface area contributed by atoms with Crippen LogP contribution in [0.5, 0.6) is 5.75 Å². The van der Waals surface area contributed by atoms with Gasteiger partial charge < -0.3 is 14.8 Å². The summed E-state index contributed by atoms with van der Waals surface area (Å²) in [5.41, 5.74) is 2.18. The van der Waals surface area contributed by atoms with Gasteiger partial charge in [0.1, 0.15) is 5.75 Å². The Morgan fingerprint density at radius 1 is 1.25 bits per heavy atom.